The van der Waals surface area contributed by atoms with E-state index in [4.69, 9.17) is 4.74 Å². The van der Waals surface area contributed by atoms with E-state index >= 15 is 0 Å². The number of ether oxygens (including phenoxy) is 1. The predicted octanol–water partition coefficient (Wildman–Crippen LogP) is 4.37. The fraction of sp³-hybridized carbons (Fsp3) is 0.227. The molecule has 0 bridgehead atoms. The van der Waals surface area contributed by atoms with Crippen molar-refractivity contribution in [3.05, 3.63) is 64.9 Å². The summed E-state index contributed by atoms with van der Waals surface area (Å²) >= 11 is 1.23. The number of anilines is 1. The van der Waals surface area contributed by atoms with Crippen LogP contribution in [0.4, 0.5) is 10.1 Å². The minimum absolute atomic E-state index is 0.0875. The van der Waals surface area contributed by atoms with E-state index in [9.17, 15) is 14.0 Å². The first-order valence-corrected chi connectivity index (χ1v) is 10.2. The van der Waals surface area contributed by atoms with Crippen molar-refractivity contribution < 1.29 is 18.7 Å². The molecule has 30 heavy (non-hydrogen) atoms. The van der Waals surface area contributed by atoms with Crippen molar-refractivity contribution in [3.63, 3.8) is 0 Å². The summed E-state index contributed by atoms with van der Waals surface area (Å²) < 4.78 is 18.3. The Balaban J connectivity index is 1.72. The van der Waals surface area contributed by atoms with Crippen LogP contribution in [0, 0.1) is 12.7 Å². The van der Waals surface area contributed by atoms with Gasteiger partial charge in [-0.05, 0) is 50.2 Å². The summed E-state index contributed by atoms with van der Waals surface area (Å²) in [6.45, 7) is 3.85. The quantitative estimate of drug-likeness (QED) is 0.608. The molecule has 0 radical (unpaired) electrons. The van der Waals surface area contributed by atoms with Gasteiger partial charge in [-0.15, -0.1) is 11.3 Å². The van der Waals surface area contributed by atoms with Gasteiger partial charge in [-0.25, -0.2) is 9.37 Å². The van der Waals surface area contributed by atoms with Crippen LogP contribution >= 0.6 is 11.3 Å². The summed E-state index contributed by atoms with van der Waals surface area (Å²) in [7, 11) is 1.55. The maximum absolute atomic E-state index is 13.2. The lowest BCUT2D eigenvalue weighted by Crippen LogP contribution is -2.37. The van der Waals surface area contributed by atoms with Gasteiger partial charge in [0.25, 0.3) is 5.91 Å². The minimum Gasteiger partial charge on any atom is -0.497 e. The number of nitrogens with one attached hydrogen (secondary N) is 1. The fourth-order valence-electron chi connectivity index (χ4n) is 2.86. The Morgan fingerprint density at radius 1 is 1.20 bits per heavy atom. The molecule has 0 aliphatic carbocycles. The largest absolute Gasteiger partial charge is 0.497 e. The molecule has 3 aromatic rings. The van der Waals surface area contributed by atoms with Crippen molar-refractivity contribution >= 4 is 28.8 Å². The molecule has 6 nitrogen and oxygen atoms in total. The van der Waals surface area contributed by atoms with Crippen molar-refractivity contribution in [2.24, 2.45) is 0 Å². The Hall–Kier alpha value is -3.26. The highest BCUT2D eigenvalue weighted by Gasteiger charge is 2.23. The zero-order chi connectivity index (χ0) is 21.7. The number of aryl methyl sites for hydroxylation is 1. The Labute approximate surface area is 178 Å². The predicted molar refractivity (Wildman–Crippen MR) is 115 cm³/mol. The number of nitrogens with zero attached hydrogens (tertiary/aromatic N) is 2. The smallest absolute Gasteiger partial charge is 0.266 e. The number of amides is 2. The molecule has 0 aliphatic rings. The fourth-order valence-corrected chi connectivity index (χ4v) is 3.90. The molecule has 1 heterocycles. The highest BCUT2D eigenvalue weighted by Crippen LogP contribution is 2.29. The number of thiazole rings is 1. The van der Waals surface area contributed by atoms with Crippen LogP contribution in [0.15, 0.2) is 48.5 Å². The minimum atomic E-state index is -0.331. The van der Waals surface area contributed by atoms with Gasteiger partial charge in [0.1, 0.15) is 28.0 Å². The number of benzene rings is 2. The molecule has 0 unspecified atom stereocenters. The molecule has 2 amide bonds. The van der Waals surface area contributed by atoms with Crippen LogP contribution in [0.2, 0.25) is 0 Å². The molecule has 0 atom stereocenters. The number of methoxy groups -OCH3 is 1. The zero-order valence-corrected chi connectivity index (χ0v) is 17.8. The van der Waals surface area contributed by atoms with E-state index in [1.807, 2.05) is 6.92 Å². The Morgan fingerprint density at radius 2 is 1.93 bits per heavy atom. The molecule has 8 heteroatoms. The monoisotopic (exact) mass is 427 g/mol. The molecule has 0 saturated heterocycles. The summed E-state index contributed by atoms with van der Waals surface area (Å²) in [5.74, 6) is -0.270. The van der Waals surface area contributed by atoms with Crippen LogP contribution in [-0.2, 0) is 4.79 Å². The first kappa shape index (κ1) is 21.4. The molecule has 0 spiro atoms. The normalized spacial score (nSPS) is 10.5. The van der Waals surface area contributed by atoms with E-state index in [1.165, 1.54) is 28.4 Å². The van der Waals surface area contributed by atoms with Crippen molar-refractivity contribution in [1.82, 2.24) is 9.88 Å². The van der Waals surface area contributed by atoms with Gasteiger partial charge in [-0.2, -0.15) is 0 Å². The molecule has 1 aromatic heterocycles. The van der Waals surface area contributed by atoms with E-state index in [-0.39, 0.29) is 24.2 Å². The molecule has 1 N–H and O–H groups in total. The number of rotatable bonds is 7. The van der Waals surface area contributed by atoms with E-state index in [1.54, 1.807) is 50.4 Å². The van der Waals surface area contributed by atoms with Crippen LogP contribution in [0.25, 0.3) is 10.6 Å². The zero-order valence-electron chi connectivity index (χ0n) is 16.9. The van der Waals surface area contributed by atoms with Crippen molar-refractivity contribution in [2.75, 3.05) is 25.5 Å². The molecular weight excluding hydrogens is 405 g/mol. The number of carbonyl (C=O) groups is 2. The molecule has 3 rings (SSSR count). The third kappa shape index (κ3) is 5.01. The Morgan fingerprint density at radius 3 is 2.60 bits per heavy atom. The third-order valence-electron chi connectivity index (χ3n) is 4.44. The average Bonchev–Trinajstić information content (AvgIpc) is 3.13. The summed E-state index contributed by atoms with van der Waals surface area (Å²) in [4.78, 5) is 31.9. The number of halogens is 1. The van der Waals surface area contributed by atoms with Crippen molar-refractivity contribution in [1.29, 1.82) is 0 Å². The average molecular weight is 428 g/mol. The molecular formula is C22H22FN3O3S. The van der Waals surface area contributed by atoms with Crippen molar-refractivity contribution in [2.45, 2.75) is 13.8 Å². The number of carbonyl (C=O) groups excluding carboxylic acids is 2. The first-order chi connectivity index (χ1) is 14.4. The Bertz CT molecular complexity index is 1050. The second-order valence-corrected chi connectivity index (χ2v) is 7.54. The van der Waals surface area contributed by atoms with Gasteiger partial charge in [0.2, 0.25) is 5.91 Å². The van der Waals surface area contributed by atoms with Crippen molar-refractivity contribution in [3.8, 4) is 16.3 Å². The summed E-state index contributed by atoms with van der Waals surface area (Å²) in [5, 5.41) is 3.41. The van der Waals surface area contributed by atoms with Crippen LogP contribution in [0.3, 0.4) is 0 Å². The lowest BCUT2D eigenvalue weighted by molar-refractivity contribution is -0.116. The lowest BCUT2D eigenvalue weighted by Gasteiger charge is -2.20. The maximum Gasteiger partial charge on any atom is 0.266 e. The van der Waals surface area contributed by atoms with E-state index < -0.39 is 0 Å². The molecule has 156 valence electrons. The second-order valence-electron chi connectivity index (χ2n) is 6.54. The molecule has 0 aliphatic heterocycles. The standard InChI is InChI=1S/C22H22FN3O3S/c1-4-26(13-19(27)25-17-6-5-7-18(12-17)29-3)22(28)20-14(2)24-21(30-20)15-8-10-16(23)11-9-15/h5-12H,4,13H2,1-3H3,(H,25,27). The van der Waals surface area contributed by atoms with E-state index in [0.29, 0.717) is 33.6 Å². The van der Waals surface area contributed by atoms with Gasteiger partial charge in [-0.3, -0.25) is 9.59 Å². The van der Waals surface area contributed by atoms with Crippen LogP contribution in [-0.4, -0.2) is 41.9 Å². The topological polar surface area (TPSA) is 71.5 Å². The van der Waals surface area contributed by atoms with Gasteiger partial charge in [0.05, 0.1) is 12.8 Å². The number of hydrogen-bond acceptors (Lipinski definition) is 5. The molecule has 0 saturated carbocycles. The lowest BCUT2D eigenvalue weighted by atomic mass is 10.2. The summed E-state index contributed by atoms with van der Waals surface area (Å²) in [5.41, 5.74) is 1.91. The van der Waals surface area contributed by atoms with Gasteiger partial charge in [0, 0.05) is 23.9 Å². The second kappa shape index (κ2) is 9.49. The van der Waals surface area contributed by atoms with Gasteiger partial charge >= 0.3 is 0 Å². The van der Waals surface area contributed by atoms with Crippen LogP contribution < -0.4 is 10.1 Å². The van der Waals surface area contributed by atoms with E-state index in [0.717, 1.165) is 5.56 Å². The van der Waals surface area contributed by atoms with Crippen LogP contribution in [0.1, 0.15) is 22.3 Å². The van der Waals surface area contributed by atoms with Gasteiger partial charge in [-0.1, -0.05) is 6.07 Å². The summed E-state index contributed by atoms with van der Waals surface area (Å²) in [6, 6.07) is 13.0. The number of likely N-dealkylation sites (N-methyl/N-ethyl adjacent to an activating group) is 1. The Kier molecular flexibility index (Phi) is 6.79. The summed E-state index contributed by atoms with van der Waals surface area (Å²) in [6.07, 6.45) is 0. The SMILES string of the molecule is CCN(CC(=O)Nc1cccc(OC)c1)C(=O)c1sc(-c2ccc(F)cc2)nc1C. The van der Waals surface area contributed by atoms with Gasteiger partial charge < -0.3 is 15.0 Å². The highest BCUT2D eigenvalue weighted by atomic mass is 32.1. The number of hydrogen-bond donors (Lipinski definition) is 1. The van der Waals surface area contributed by atoms with Gasteiger partial charge in [0.15, 0.2) is 0 Å². The highest BCUT2D eigenvalue weighted by molar-refractivity contribution is 7.17. The maximum atomic E-state index is 13.2. The first-order valence-electron chi connectivity index (χ1n) is 9.37. The number of aromatic nitrogens is 1. The molecule has 2 aromatic carbocycles. The third-order valence-corrected chi connectivity index (χ3v) is 5.63. The molecule has 0 fully saturated rings. The van der Waals surface area contributed by atoms with E-state index in [2.05, 4.69) is 10.3 Å². The van der Waals surface area contributed by atoms with Crippen LogP contribution in [0.5, 0.6) is 5.75 Å².